The van der Waals surface area contributed by atoms with Crippen molar-refractivity contribution in [3.63, 3.8) is 0 Å². The normalized spacial score (nSPS) is 14.4. The molecule has 1 aliphatic rings. The fraction of sp³-hybridized carbons (Fsp3) is 0.316. The van der Waals surface area contributed by atoms with Crippen LogP contribution in [0.4, 0.5) is 5.69 Å². The first-order valence-corrected chi connectivity index (χ1v) is 9.23. The van der Waals surface area contributed by atoms with Gasteiger partial charge in [-0.2, -0.15) is 0 Å². The standard InChI is InChI=1S/C19H22N2O3S/c1-24-17-6-8-18(9-7-17)25-14-19(23)21-12-10-20(11-13-21)15-2-4-16(22)5-3-15/h2-9,22H,10-14H2,1H3. The zero-order chi connectivity index (χ0) is 17.6. The number of phenolic OH excluding ortho intramolecular Hbond substituents is 1. The molecule has 1 aliphatic heterocycles. The molecule has 1 fully saturated rings. The highest BCUT2D eigenvalue weighted by Crippen LogP contribution is 2.23. The van der Waals surface area contributed by atoms with Gasteiger partial charge in [-0.3, -0.25) is 4.79 Å². The van der Waals surface area contributed by atoms with Crippen molar-refractivity contribution >= 4 is 23.4 Å². The van der Waals surface area contributed by atoms with E-state index in [1.165, 1.54) is 0 Å². The third-order valence-corrected chi connectivity index (χ3v) is 5.27. The minimum absolute atomic E-state index is 0.172. The van der Waals surface area contributed by atoms with Crippen molar-refractivity contribution in [3.8, 4) is 11.5 Å². The maximum atomic E-state index is 12.4. The molecule has 5 nitrogen and oxygen atoms in total. The molecule has 2 aromatic rings. The molecule has 0 aliphatic carbocycles. The SMILES string of the molecule is COc1ccc(SCC(=O)N2CCN(c3ccc(O)cc3)CC2)cc1. The smallest absolute Gasteiger partial charge is 0.233 e. The summed E-state index contributed by atoms with van der Waals surface area (Å²) in [5, 5.41) is 9.37. The zero-order valence-electron chi connectivity index (χ0n) is 14.2. The number of phenols is 1. The molecule has 1 saturated heterocycles. The van der Waals surface area contributed by atoms with E-state index in [0.29, 0.717) is 5.75 Å². The minimum Gasteiger partial charge on any atom is -0.508 e. The van der Waals surface area contributed by atoms with E-state index < -0.39 is 0 Å². The number of carbonyl (C=O) groups excluding carboxylic acids is 1. The second-order valence-electron chi connectivity index (χ2n) is 5.85. The molecule has 1 heterocycles. The highest BCUT2D eigenvalue weighted by atomic mass is 32.2. The lowest BCUT2D eigenvalue weighted by Crippen LogP contribution is -2.49. The molecule has 1 N–H and O–H groups in total. The van der Waals surface area contributed by atoms with Crippen molar-refractivity contribution in [2.75, 3.05) is 43.9 Å². The molecule has 25 heavy (non-hydrogen) atoms. The monoisotopic (exact) mass is 358 g/mol. The molecular formula is C19H22N2O3S. The highest BCUT2D eigenvalue weighted by Gasteiger charge is 2.21. The zero-order valence-corrected chi connectivity index (χ0v) is 15.0. The molecule has 0 bridgehead atoms. The van der Waals surface area contributed by atoms with E-state index in [0.717, 1.165) is 42.5 Å². The summed E-state index contributed by atoms with van der Waals surface area (Å²) in [6.45, 7) is 3.07. The number of hydrogen-bond donors (Lipinski definition) is 1. The van der Waals surface area contributed by atoms with Gasteiger partial charge < -0.3 is 19.6 Å². The Kier molecular flexibility index (Phi) is 5.71. The summed E-state index contributed by atoms with van der Waals surface area (Å²) in [6, 6.07) is 15.0. The number of hydrogen-bond acceptors (Lipinski definition) is 5. The van der Waals surface area contributed by atoms with E-state index in [9.17, 15) is 9.90 Å². The Hall–Kier alpha value is -2.34. The number of amides is 1. The molecule has 0 spiro atoms. The van der Waals surface area contributed by atoms with E-state index in [1.807, 2.05) is 41.3 Å². The summed E-state index contributed by atoms with van der Waals surface area (Å²) in [4.78, 5) is 17.6. The fourth-order valence-electron chi connectivity index (χ4n) is 2.79. The number of rotatable bonds is 5. The Bertz CT molecular complexity index is 696. The van der Waals surface area contributed by atoms with Crippen LogP contribution in [0.1, 0.15) is 0 Å². The van der Waals surface area contributed by atoms with Crippen molar-refractivity contribution < 1.29 is 14.6 Å². The average molecular weight is 358 g/mol. The quantitative estimate of drug-likeness (QED) is 0.833. The van der Waals surface area contributed by atoms with Crippen LogP contribution in [-0.2, 0) is 4.79 Å². The first-order chi connectivity index (χ1) is 12.2. The van der Waals surface area contributed by atoms with E-state index in [2.05, 4.69) is 4.90 Å². The lowest BCUT2D eigenvalue weighted by atomic mass is 10.2. The van der Waals surface area contributed by atoms with Gasteiger partial charge in [0, 0.05) is 36.8 Å². The first-order valence-electron chi connectivity index (χ1n) is 8.24. The summed E-state index contributed by atoms with van der Waals surface area (Å²) < 4.78 is 5.14. The molecule has 0 atom stereocenters. The predicted octanol–water partition coefficient (Wildman–Crippen LogP) is 2.84. The van der Waals surface area contributed by atoms with Crippen LogP contribution in [0.25, 0.3) is 0 Å². The molecule has 6 heteroatoms. The van der Waals surface area contributed by atoms with Crippen LogP contribution in [0.2, 0.25) is 0 Å². The lowest BCUT2D eigenvalue weighted by molar-refractivity contribution is -0.128. The first kappa shape index (κ1) is 17.5. The molecule has 0 unspecified atom stereocenters. The van der Waals surface area contributed by atoms with E-state index >= 15 is 0 Å². The number of aromatic hydroxyl groups is 1. The summed E-state index contributed by atoms with van der Waals surface area (Å²) in [7, 11) is 1.64. The minimum atomic E-state index is 0.172. The van der Waals surface area contributed by atoms with Gasteiger partial charge in [-0.25, -0.2) is 0 Å². The molecule has 132 valence electrons. The van der Waals surface area contributed by atoms with E-state index in [-0.39, 0.29) is 11.7 Å². The van der Waals surface area contributed by atoms with Gasteiger partial charge in [0.2, 0.25) is 5.91 Å². The third-order valence-electron chi connectivity index (χ3n) is 4.27. The Morgan fingerprint density at radius 2 is 1.68 bits per heavy atom. The highest BCUT2D eigenvalue weighted by molar-refractivity contribution is 8.00. The van der Waals surface area contributed by atoms with Crippen molar-refractivity contribution in [3.05, 3.63) is 48.5 Å². The molecule has 0 radical (unpaired) electrons. The van der Waals surface area contributed by atoms with Crippen LogP contribution in [0, 0.1) is 0 Å². The summed E-state index contributed by atoms with van der Waals surface area (Å²) in [6.07, 6.45) is 0. The van der Waals surface area contributed by atoms with Crippen molar-refractivity contribution in [1.82, 2.24) is 4.90 Å². The second-order valence-corrected chi connectivity index (χ2v) is 6.90. The number of piperazine rings is 1. The molecule has 3 rings (SSSR count). The maximum Gasteiger partial charge on any atom is 0.233 e. The Morgan fingerprint density at radius 1 is 1.04 bits per heavy atom. The number of nitrogens with zero attached hydrogens (tertiary/aromatic N) is 2. The number of carbonyl (C=O) groups is 1. The summed E-state index contributed by atoms with van der Waals surface area (Å²) in [5.74, 6) is 1.71. The van der Waals surface area contributed by atoms with Gasteiger partial charge in [-0.05, 0) is 48.5 Å². The van der Waals surface area contributed by atoms with Gasteiger partial charge in [-0.15, -0.1) is 11.8 Å². The van der Waals surface area contributed by atoms with Gasteiger partial charge in [0.1, 0.15) is 11.5 Å². The summed E-state index contributed by atoms with van der Waals surface area (Å²) in [5.41, 5.74) is 1.08. The lowest BCUT2D eigenvalue weighted by Gasteiger charge is -2.36. The Morgan fingerprint density at radius 3 is 2.28 bits per heavy atom. The van der Waals surface area contributed by atoms with Crippen LogP contribution in [0.15, 0.2) is 53.4 Å². The third kappa shape index (κ3) is 4.60. The van der Waals surface area contributed by atoms with Crippen LogP contribution in [-0.4, -0.2) is 55.0 Å². The van der Waals surface area contributed by atoms with E-state index in [4.69, 9.17) is 4.74 Å². The van der Waals surface area contributed by atoms with Crippen LogP contribution >= 0.6 is 11.8 Å². The van der Waals surface area contributed by atoms with Crippen LogP contribution in [0.5, 0.6) is 11.5 Å². The number of benzene rings is 2. The summed E-state index contributed by atoms with van der Waals surface area (Å²) >= 11 is 1.55. The predicted molar refractivity (Wildman–Crippen MR) is 101 cm³/mol. The molecule has 2 aromatic carbocycles. The second kappa shape index (κ2) is 8.16. The molecule has 0 saturated carbocycles. The topological polar surface area (TPSA) is 53.0 Å². The molecule has 1 amide bonds. The van der Waals surface area contributed by atoms with Gasteiger partial charge in [0.15, 0.2) is 0 Å². The molecular weight excluding hydrogens is 336 g/mol. The maximum absolute atomic E-state index is 12.4. The number of ether oxygens (including phenoxy) is 1. The van der Waals surface area contributed by atoms with Crippen LogP contribution in [0.3, 0.4) is 0 Å². The van der Waals surface area contributed by atoms with Gasteiger partial charge in [-0.1, -0.05) is 0 Å². The van der Waals surface area contributed by atoms with Gasteiger partial charge in [0.05, 0.1) is 12.9 Å². The number of anilines is 1. The van der Waals surface area contributed by atoms with Crippen molar-refractivity contribution in [1.29, 1.82) is 0 Å². The largest absolute Gasteiger partial charge is 0.508 e. The van der Waals surface area contributed by atoms with Crippen LogP contribution < -0.4 is 9.64 Å². The Labute approximate surface area is 152 Å². The fourth-order valence-corrected chi connectivity index (χ4v) is 3.59. The van der Waals surface area contributed by atoms with E-state index in [1.54, 1.807) is 31.0 Å². The number of methoxy groups -OCH3 is 1. The van der Waals surface area contributed by atoms with Crippen molar-refractivity contribution in [2.45, 2.75) is 4.90 Å². The van der Waals surface area contributed by atoms with Gasteiger partial charge in [0.25, 0.3) is 0 Å². The molecule has 0 aromatic heterocycles. The average Bonchev–Trinajstić information content (AvgIpc) is 2.67. The van der Waals surface area contributed by atoms with Crippen molar-refractivity contribution in [2.24, 2.45) is 0 Å². The number of thioether (sulfide) groups is 1. The van der Waals surface area contributed by atoms with Gasteiger partial charge >= 0.3 is 0 Å². The Balaban J connectivity index is 1.47.